The van der Waals surface area contributed by atoms with Crippen LogP contribution in [0.25, 0.3) is 10.6 Å². The van der Waals surface area contributed by atoms with E-state index in [1.807, 2.05) is 35.2 Å². The van der Waals surface area contributed by atoms with Crippen molar-refractivity contribution in [1.29, 1.82) is 0 Å². The molecule has 0 bridgehead atoms. The molecular weight excluding hydrogens is 324 g/mol. The van der Waals surface area contributed by atoms with Crippen LogP contribution in [-0.2, 0) is 13.6 Å². The summed E-state index contributed by atoms with van der Waals surface area (Å²) in [6.07, 6.45) is 2.48. The Hall–Kier alpha value is -2.48. The Balaban J connectivity index is 1.76. The van der Waals surface area contributed by atoms with Gasteiger partial charge in [0.25, 0.3) is 5.91 Å². The second kappa shape index (κ2) is 6.96. The van der Waals surface area contributed by atoms with E-state index in [-0.39, 0.29) is 11.9 Å². The molecule has 1 amide bonds. The van der Waals surface area contributed by atoms with Gasteiger partial charge in [0, 0.05) is 13.6 Å². The van der Waals surface area contributed by atoms with Crippen molar-refractivity contribution in [1.82, 2.24) is 29.9 Å². The highest BCUT2D eigenvalue weighted by Gasteiger charge is 2.20. The third-order valence-corrected chi connectivity index (χ3v) is 4.59. The molecule has 0 aromatic carbocycles. The smallest absolute Gasteiger partial charge is 0.270 e. The number of hydrogen-bond acceptors (Lipinski definition) is 5. The molecule has 3 rings (SSSR count). The Kier molecular flexibility index (Phi) is 4.75. The molecule has 0 saturated carbocycles. The molecule has 0 unspecified atom stereocenters. The van der Waals surface area contributed by atoms with E-state index in [4.69, 9.17) is 0 Å². The van der Waals surface area contributed by atoms with Crippen molar-refractivity contribution in [3.05, 3.63) is 41.4 Å². The SMILES string of the molecule is CCCn1ncnc1[C@H](C)NC(=O)c1cc(-c2cccs2)nn1C. The number of aryl methyl sites for hydroxylation is 2. The molecule has 0 aliphatic heterocycles. The predicted octanol–water partition coefficient (Wildman–Crippen LogP) is 2.64. The second-order valence-corrected chi connectivity index (χ2v) is 6.50. The van der Waals surface area contributed by atoms with Gasteiger partial charge in [-0.2, -0.15) is 10.2 Å². The monoisotopic (exact) mass is 344 g/mol. The molecule has 0 radical (unpaired) electrons. The molecule has 1 atom stereocenters. The minimum absolute atomic E-state index is 0.175. The van der Waals surface area contributed by atoms with Crippen LogP contribution >= 0.6 is 11.3 Å². The summed E-state index contributed by atoms with van der Waals surface area (Å²) in [4.78, 5) is 17.9. The Morgan fingerprint density at radius 2 is 2.29 bits per heavy atom. The molecule has 0 spiro atoms. The maximum Gasteiger partial charge on any atom is 0.270 e. The molecule has 0 aliphatic carbocycles. The topological polar surface area (TPSA) is 77.6 Å². The standard InChI is InChI=1S/C16H20N6OS/c1-4-7-22-15(17-10-18-22)11(2)19-16(23)13-9-12(20-21(13)3)14-6-5-8-24-14/h5-6,8-11H,4,7H2,1-3H3,(H,19,23)/t11-/m0/s1. The molecule has 24 heavy (non-hydrogen) atoms. The highest BCUT2D eigenvalue weighted by Crippen LogP contribution is 2.24. The van der Waals surface area contributed by atoms with E-state index >= 15 is 0 Å². The lowest BCUT2D eigenvalue weighted by atomic mass is 10.2. The zero-order chi connectivity index (χ0) is 17.1. The van der Waals surface area contributed by atoms with Gasteiger partial charge in [-0.3, -0.25) is 9.48 Å². The first-order chi connectivity index (χ1) is 11.6. The summed E-state index contributed by atoms with van der Waals surface area (Å²) in [6, 6.07) is 5.54. The van der Waals surface area contributed by atoms with Crippen molar-refractivity contribution in [2.24, 2.45) is 7.05 Å². The van der Waals surface area contributed by atoms with E-state index in [9.17, 15) is 4.79 Å². The third-order valence-electron chi connectivity index (χ3n) is 3.70. The molecule has 0 fully saturated rings. The van der Waals surface area contributed by atoms with Crippen molar-refractivity contribution >= 4 is 17.2 Å². The maximum atomic E-state index is 12.6. The number of carbonyl (C=O) groups is 1. The van der Waals surface area contributed by atoms with E-state index in [0.29, 0.717) is 5.69 Å². The van der Waals surface area contributed by atoms with Crippen molar-refractivity contribution < 1.29 is 4.79 Å². The first kappa shape index (κ1) is 16.4. The van der Waals surface area contributed by atoms with Crippen LogP contribution in [0.1, 0.15) is 42.6 Å². The van der Waals surface area contributed by atoms with Gasteiger partial charge in [-0.25, -0.2) is 9.67 Å². The second-order valence-electron chi connectivity index (χ2n) is 5.55. The van der Waals surface area contributed by atoms with Crippen molar-refractivity contribution in [2.75, 3.05) is 0 Å². The van der Waals surface area contributed by atoms with Gasteiger partial charge in [0.15, 0.2) is 0 Å². The number of thiophene rings is 1. The fourth-order valence-electron chi connectivity index (χ4n) is 2.55. The first-order valence-corrected chi connectivity index (χ1v) is 8.74. The van der Waals surface area contributed by atoms with Gasteiger partial charge in [-0.05, 0) is 30.9 Å². The lowest BCUT2D eigenvalue weighted by molar-refractivity contribution is 0.0928. The quantitative estimate of drug-likeness (QED) is 0.746. The fraction of sp³-hybridized carbons (Fsp3) is 0.375. The van der Waals surface area contributed by atoms with E-state index in [1.54, 1.807) is 23.1 Å². The zero-order valence-electron chi connectivity index (χ0n) is 13.9. The predicted molar refractivity (Wildman–Crippen MR) is 92.7 cm³/mol. The summed E-state index contributed by atoms with van der Waals surface area (Å²) in [5, 5.41) is 13.6. The van der Waals surface area contributed by atoms with E-state index in [0.717, 1.165) is 29.4 Å². The minimum Gasteiger partial charge on any atom is -0.341 e. The van der Waals surface area contributed by atoms with Gasteiger partial charge in [0.2, 0.25) is 0 Å². The van der Waals surface area contributed by atoms with Gasteiger partial charge in [0.05, 0.1) is 10.9 Å². The average Bonchev–Trinajstić information content (AvgIpc) is 3.26. The number of aromatic nitrogens is 5. The number of nitrogens with zero attached hydrogens (tertiary/aromatic N) is 5. The normalized spacial score (nSPS) is 12.3. The van der Waals surface area contributed by atoms with Gasteiger partial charge >= 0.3 is 0 Å². The maximum absolute atomic E-state index is 12.6. The summed E-state index contributed by atoms with van der Waals surface area (Å²) in [7, 11) is 1.77. The lowest BCUT2D eigenvalue weighted by Crippen LogP contribution is -2.30. The molecule has 7 nitrogen and oxygen atoms in total. The summed E-state index contributed by atoms with van der Waals surface area (Å²) >= 11 is 1.60. The third kappa shape index (κ3) is 3.23. The van der Waals surface area contributed by atoms with E-state index in [2.05, 4.69) is 27.4 Å². The molecule has 3 aromatic heterocycles. The Morgan fingerprint density at radius 1 is 1.46 bits per heavy atom. The van der Waals surface area contributed by atoms with Crippen molar-refractivity contribution in [3.63, 3.8) is 0 Å². The highest BCUT2D eigenvalue weighted by molar-refractivity contribution is 7.13. The highest BCUT2D eigenvalue weighted by atomic mass is 32.1. The number of hydrogen-bond donors (Lipinski definition) is 1. The lowest BCUT2D eigenvalue weighted by Gasteiger charge is -2.14. The number of rotatable bonds is 6. The van der Waals surface area contributed by atoms with E-state index < -0.39 is 0 Å². The van der Waals surface area contributed by atoms with E-state index in [1.165, 1.54) is 6.33 Å². The number of carbonyl (C=O) groups excluding carboxylic acids is 1. The molecule has 3 heterocycles. The molecule has 0 saturated heterocycles. The zero-order valence-corrected chi connectivity index (χ0v) is 14.7. The van der Waals surface area contributed by atoms with Gasteiger partial charge in [-0.15, -0.1) is 11.3 Å². The first-order valence-electron chi connectivity index (χ1n) is 7.86. The van der Waals surface area contributed by atoms with Crippen LogP contribution in [0.3, 0.4) is 0 Å². The molecule has 126 valence electrons. The Bertz CT molecular complexity index is 820. The van der Waals surface area contributed by atoms with Crippen LogP contribution < -0.4 is 5.32 Å². The van der Waals surface area contributed by atoms with Crippen LogP contribution in [0.5, 0.6) is 0 Å². The van der Waals surface area contributed by atoms with Crippen LogP contribution in [0.15, 0.2) is 29.9 Å². The van der Waals surface area contributed by atoms with Crippen LogP contribution in [0.2, 0.25) is 0 Å². The number of nitrogens with one attached hydrogen (secondary N) is 1. The molecule has 1 N–H and O–H groups in total. The van der Waals surface area contributed by atoms with Crippen molar-refractivity contribution in [3.8, 4) is 10.6 Å². The van der Waals surface area contributed by atoms with Crippen LogP contribution in [0, 0.1) is 0 Å². The average molecular weight is 344 g/mol. The minimum atomic E-state index is -0.230. The summed E-state index contributed by atoms with van der Waals surface area (Å²) in [6.45, 7) is 4.77. The Labute approximate surface area is 144 Å². The van der Waals surface area contributed by atoms with Gasteiger partial charge in [0.1, 0.15) is 23.5 Å². The van der Waals surface area contributed by atoms with Crippen LogP contribution in [0.4, 0.5) is 0 Å². The molecule has 8 heteroatoms. The van der Waals surface area contributed by atoms with Crippen LogP contribution in [-0.4, -0.2) is 30.5 Å². The summed E-state index contributed by atoms with van der Waals surface area (Å²) in [5.74, 6) is 0.581. The molecule has 0 aliphatic rings. The van der Waals surface area contributed by atoms with Crippen molar-refractivity contribution in [2.45, 2.75) is 32.9 Å². The summed E-state index contributed by atoms with van der Waals surface area (Å²) < 4.78 is 3.43. The largest absolute Gasteiger partial charge is 0.341 e. The Morgan fingerprint density at radius 3 is 3.00 bits per heavy atom. The van der Waals surface area contributed by atoms with Gasteiger partial charge < -0.3 is 5.32 Å². The summed E-state index contributed by atoms with van der Waals surface area (Å²) in [5.41, 5.74) is 1.33. The molecular formula is C16H20N6OS. The van der Waals surface area contributed by atoms with Gasteiger partial charge in [-0.1, -0.05) is 13.0 Å². The molecule has 3 aromatic rings. The fourth-order valence-corrected chi connectivity index (χ4v) is 3.23. The number of amides is 1.